The second-order valence-electron chi connectivity index (χ2n) is 4.55. The smallest absolute Gasteiger partial charge is 0.274 e. The summed E-state index contributed by atoms with van der Waals surface area (Å²) in [4.78, 5) is 22.0. The number of aromatic nitrogens is 2. The van der Waals surface area contributed by atoms with Gasteiger partial charge in [-0.25, -0.2) is 4.98 Å². The van der Waals surface area contributed by atoms with E-state index in [9.17, 15) is 4.79 Å². The molecule has 0 fully saturated rings. The predicted octanol–water partition coefficient (Wildman–Crippen LogP) is 2.07. The molecule has 1 aromatic heterocycles. The van der Waals surface area contributed by atoms with Crippen molar-refractivity contribution in [3.8, 4) is 5.75 Å². The SMILES string of the molecule is COc1ccc(CN(C)C(=O)c2cnc(C)cn2)cc1. The van der Waals surface area contributed by atoms with Gasteiger partial charge in [-0.05, 0) is 24.6 Å². The average molecular weight is 271 g/mol. The minimum atomic E-state index is -0.145. The van der Waals surface area contributed by atoms with E-state index in [1.165, 1.54) is 6.20 Å². The highest BCUT2D eigenvalue weighted by molar-refractivity contribution is 5.91. The van der Waals surface area contributed by atoms with Crippen LogP contribution in [0.4, 0.5) is 0 Å². The predicted molar refractivity (Wildman–Crippen MR) is 75.6 cm³/mol. The number of amides is 1. The molecule has 0 unspecified atom stereocenters. The van der Waals surface area contributed by atoms with Crippen LogP contribution in [0.2, 0.25) is 0 Å². The molecule has 0 aliphatic carbocycles. The maximum Gasteiger partial charge on any atom is 0.274 e. The van der Waals surface area contributed by atoms with E-state index in [2.05, 4.69) is 9.97 Å². The van der Waals surface area contributed by atoms with E-state index >= 15 is 0 Å². The molecule has 0 aliphatic heterocycles. The Morgan fingerprint density at radius 2 is 1.90 bits per heavy atom. The molecule has 0 saturated carbocycles. The standard InChI is InChI=1S/C15H17N3O2/c1-11-8-17-14(9-16-11)15(19)18(2)10-12-4-6-13(20-3)7-5-12/h4-9H,10H2,1-3H3. The lowest BCUT2D eigenvalue weighted by Gasteiger charge is -2.16. The molecule has 1 heterocycles. The maximum absolute atomic E-state index is 12.2. The van der Waals surface area contributed by atoms with E-state index in [1.807, 2.05) is 31.2 Å². The average Bonchev–Trinajstić information content (AvgIpc) is 2.48. The summed E-state index contributed by atoms with van der Waals surface area (Å²) in [5.41, 5.74) is 2.17. The first kappa shape index (κ1) is 14.0. The van der Waals surface area contributed by atoms with E-state index in [-0.39, 0.29) is 5.91 Å². The lowest BCUT2D eigenvalue weighted by Crippen LogP contribution is -2.27. The highest BCUT2D eigenvalue weighted by atomic mass is 16.5. The second kappa shape index (κ2) is 6.14. The molecule has 104 valence electrons. The Labute approximate surface area is 118 Å². The molecule has 5 heteroatoms. The van der Waals surface area contributed by atoms with Crippen LogP contribution in [0.5, 0.6) is 5.75 Å². The second-order valence-corrected chi connectivity index (χ2v) is 4.55. The largest absolute Gasteiger partial charge is 0.497 e. The zero-order valence-electron chi connectivity index (χ0n) is 11.8. The van der Waals surface area contributed by atoms with Crippen molar-refractivity contribution in [1.82, 2.24) is 14.9 Å². The first-order valence-electron chi connectivity index (χ1n) is 6.27. The van der Waals surface area contributed by atoms with Crippen LogP contribution in [0.3, 0.4) is 0 Å². The highest BCUT2D eigenvalue weighted by Crippen LogP contribution is 2.13. The number of benzene rings is 1. The van der Waals surface area contributed by atoms with Crippen LogP contribution in [-0.4, -0.2) is 34.9 Å². The van der Waals surface area contributed by atoms with Gasteiger partial charge in [0.05, 0.1) is 19.0 Å². The van der Waals surface area contributed by atoms with Crippen LogP contribution < -0.4 is 4.74 Å². The van der Waals surface area contributed by atoms with Crippen molar-refractivity contribution >= 4 is 5.91 Å². The Bertz CT molecular complexity index is 579. The van der Waals surface area contributed by atoms with Crippen molar-refractivity contribution in [3.63, 3.8) is 0 Å². The Kier molecular flexibility index (Phi) is 4.30. The summed E-state index contributed by atoms with van der Waals surface area (Å²) in [6.07, 6.45) is 3.09. The summed E-state index contributed by atoms with van der Waals surface area (Å²) < 4.78 is 5.10. The molecule has 0 N–H and O–H groups in total. The van der Waals surface area contributed by atoms with Gasteiger partial charge in [0, 0.05) is 19.8 Å². The Morgan fingerprint density at radius 1 is 1.20 bits per heavy atom. The van der Waals surface area contributed by atoms with Gasteiger partial charge in [0.2, 0.25) is 0 Å². The summed E-state index contributed by atoms with van der Waals surface area (Å²) in [5, 5.41) is 0. The van der Waals surface area contributed by atoms with Crippen molar-refractivity contribution in [1.29, 1.82) is 0 Å². The third-order valence-electron chi connectivity index (χ3n) is 2.93. The summed E-state index contributed by atoms with van der Waals surface area (Å²) in [5.74, 6) is 0.653. The lowest BCUT2D eigenvalue weighted by atomic mass is 10.2. The monoisotopic (exact) mass is 271 g/mol. The molecular weight excluding hydrogens is 254 g/mol. The minimum absolute atomic E-state index is 0.145. The van der Waals surface area contributed by atoms with Crippen LogP contribution in [0.1, 0.15) is 21.7 Å². The third kappa shape index (κ3) is 3.32. The van der Waals surface area contributed by atoms with Gasteiger partial charge in [0.25, 0.3) is 5.91 Å². The first-order chi connectivity index (χ1) is 9.60. The fourth-order valence-electron chi connectivity index (χ4n) is 1.78. The van der Waals surface area contributed by atoms with E-state index in [4.69, 9.17) is 4.74 Å². The van der Waals surface area contributed by atoms with Gasteiger partial charge in [-0.2, -0.15) is 0 Å². The first-order valence-corrected chi connectivity index (χ1v) is 6.27. The molecule has 0 spiro atoms. The van der Waals surface area contributed by atoms with E-state index in [1.54, 1.807) is 25.3 Å². The Morgan fingerprint density at radius 3 is 2.45 bits per heavy atom. The van der Waals surface area contributed by atoms with Crippen LogP contribution in [0, 0.1) is 6.92 Å². The summed E-state index contributed by atoms with van der Waals surface area (Å²) in [7, 11) is 3.37. The van der Waals surface area contributed by atoms with Crippen molar-refractivity contribution < 1.29 is 9.53 Å². The zero-order valence-corrected chi connectivity index (χ0v) is 11.8. The molecular formula is C15H17N3O2. The topological polar surface area (TPSA) is 55.3 Å². The van der Waals surface area contributed by atoms with Crippen molar-refractivity contribution in [2.24, 2.45) is 0 Å². The number of carbonyl (C=O) groups excluding carboxylic acids is 1. The molecule has 0 saturated heterocycles. The lowest BCUT2D eigenvalue weighted by molar-refractivity contribution is 0.0779. The fraction of sp³-hybridized carbons (Fsp3) is 0.267. The molecule has 2 aromatic rings. The number of carbonyl (C=O) groups is 1. The van der Waals surface area contributed by atoms with Gasteiger partial charge >= 0.3 is 0 Å². The van der Waals surface area contributed by atoms with Crippen molar-refractivity contribution in [3.05, 3.63) is 53.6 Å². The number of methoxy groups -OCH3 is 1. The number of hydrogen-bond donors (Lipinski definition) is 0. The molecule has 0 radical (unpaired) electrons. The summed E-state index contributed by atoms with van der Waals surface area (Å²) in [6.45, 7) is 2.35. The quantitative estimate of drug-likeness (QED) is 0.854. The van der Waals surface area contributed by atoms with Gasteiger partial charge in [-0.3, -0.25) is 9.78 Å². The number of aryl methyl sites for hydroxylation is 1. The van der Waals surface area contributed by atoms with Crippen LogP contribution in [-0.2, 0) is 6.54 Å². The summed E-state index contributed by atoms with van der Waals surface area (Å²) >= 11 is 0. The minimum Gasteiger partial charge on any atom is -0.497 e. The maximum atomic E-state index is 12.2. The van der Waals surface area contributed by atoms with Gasteiger partial charge in [-0.15, -0.1) is 0 Å². The van der Waals surface area contributed by atoms with Crippen molar-refractivity contribution in [2.75, 3.05) is 14.2 Å². The Hall–Kier alpha value is -2.43. The molecule has 1 amide bonds. The van der Waals surface area contributed by atoms with E-state index in [0.29, 0.717) is 12.2 Å². The van der Waals surface area contributed by atoms with Crippen LogP contribution in [0.25, 0.3) is 0 Å². The molecule has 0 aliphatic rings. The zero-order chi connectivity index (χ0) is 14.5. The van der Waals surface area contributed by atoms with Gasteiger partial charge in [0.15, 0.2) is 0 Å². The van der Waals surface area contributed by atoms with Crippen LogP contribution in [0.15, 0.2) is 36.7 Å². The van der Waals surface area contributed by atoms with E-state index < -0.39 is 0 Å². The normalized spacial score (nSPS) is 10.2. The highest BCUT2D eigenvalue weighted by Gasteiger charge is 2.13. The van der Waals surface area contributed by atoms with Gasteiger partial charge in [-0.1, -0.05) is 12.1 Å². The van der Waals surface area contributed by atoms with Gasteiger partial charge < -0.3 is 9.64 Å². The van der Waals surface area contributed by atoms with Crippen molar-refractivity contribution in [2.45, 2.75) is 13.5 Å². The van der Waals surface area contributed by atoms with Gasteiger partial charge in [0.1, 0.15) is 11.4 Å². The Balaban J connectivity index is 2.04. The molecule has 2 rings (SSSR count). The molecule has 20 heavy (non-hydrogen) atoms. The van der Waals surface area contributed by atoms with E-state index in [0.717, 1.165) is 17.0 Å². The number of hydrogen-bond acceptors (Lipinski definition) is 4. The fourth-order valence-corrected chi connectivity index (χ4v) is 1.78. The molecule has 5 nitrogen and oxygen atoms in total. The number of nitrogens with zero attached hydrogens (tertiary/aromatic N) is 3. The summed E-state index contributed by atoms with van der Waals surface area (Å²) in [6, 6.07) is 7.62. The number of ether oxygens (including phenoxy) is 1. The molecule has 1 aromatic carbocycles. The third-order valence-corrected chi connectivity index (χ3v) is 2.93. The number of rotatable bonds is 4. The molecule has 0 bridgehead atoms. The molecule has 0 atom stereocenters. The van der Waals surface area contributed by atoms with Crippen LogP contribution >= 0.6 is 0 Å².